The van der Waals surface area contributed by atoms with E-state index in [-0.39, 0.29) is 26.9 Å². The van der Waals surface area contributed by atoms with Crippen LogP contribution in [0.2, 0.25) is 5.02 Å². The number of nitrogens with two attached hydrogens (primary N) is 1. The van der Waals surface area contributed by atoms with Gasteiger partial charge >= 0.3 is 0 Å². The molecule has 0 amide bonds. The number of nitrogens with one attached hydrogen (secondary N) is 1. The molecule has 0 aliphatic heterocycles. The predicted octanol–water partition coefficient (Wildman–Crippen LogP) is 4.00. The topological polar surface area (TPSA) is 38.0 Å². The van der Waals surface area contributed by atoms with Crippen molar-refractivity contribution in [1.82, 2.24) is 0 Å². The fourth-order valence-electron chi connectivity index (χ4n) is 1.63. The molecule has 0 spiro atoms. The van der Waals surface area contributed by atoms with Gasteiger partial charge in [-0.3, -0.25) is 0 Å². The zero-order chi connectivity index (χ0) is 14.0. The van der Waals surface area contributed by atoms with Crippen molar-refractivity contribution >= 4 is 40.2 Å². The average molecular weight is 299 g/mol. The number of halogens is 3. The molecular weight excluding hydrogens is 290 g/mol. The van der Waals surface area contributed by atoms with Gasteiger partial charge < -0.3 is 11.1 Å². The SMILES string of the molecule is NC(=S)c1c(F)cccc1Nc1c(F)cccc1Cl. The van der Waals surface area contributed by atoms with Crippen LogP contribution in [-0.4, -0.2) is 4.99 Å². The van der Waals surface area contributed by atoms with E-state index in [9.17, 15) is 8.78 Å². The van der Waals surface area contributed by atoms with Crippen molar-refractivity contribution in [2.45, 2.75) is 0 Å². The van der Waals surface area contributed by atoms with Crippen molar-refractivity contribution < 1.29 is 8.78 Å². The molecule has 0 heterocycles. The third-order valence-electron chi connectivity index (χ3n) is 2.48. The Morgan fingerprint density at radius 1 is 1.11 bits per heavy atom. The highest BCUT2D eigenvalue weighted by Gasteiger charge is 2.14. The van der Waals surface area contributed by atoms with E-state index in [2.05, 4.69) is 5.32 Å². The molecule has 0 fully saturated rings. The van der Waals surface area contributed by atoms with Gasteiger partial charge in [-0.2, -0.15) is 0 Å². The number of hydrogen-bond donors (Lipinski definition) is 2. The van der Waals surface area contributed by atoms with Gasteiger partial charge in [0.1, 0.15) is 16.6 Å². The molecule has 98 valence electrons. The minimum absolute atomic E-state index is 0.0248. The van der Waals surface area contributed by atoms with Crippen molar-refractivity contribution in [2.24, 2.45) is 5.73 Å². The first kappa shape index (κ1) is 13.7. The zero-order valence-corrected chi connectivity index (χ0v) is 11.2. The summed E-state index contributed by atoms with van der Waals surface area (Å²) in [5, 5.41) is 2.90. The summed E-state index contributed by atoms with van der Waals surface area (Å²) in [4.78, 5) is -0.118. The number of anilines is 2. The smallest absolute Gasteiger partial charge is 0.148 e. The molecule has 2 nitrogen and oxygen atoms in total. The zero-order valence-electron chi connectivity index (χ0n) is 9.58. The summed E-state index contributed by atoms with van der Waals surface area (Å²) in [7, 11) is 0. The number of hydrogen-bond acceptors (Lipinski definition) is 2. The largest absolute Gasteiger partial charge is 0.389 e. The molecule has 0 radical (unpaired) electrons. The van der Waals surface area contributed by atoms with Crippen LogP contribution in [0.25, 0.3) is 0 Å². The van der Waals surface area contributed by atoms with E-state index >= 15 is 0 Å². The van der Waals surface area contributed by atoms with E-state index < -0.39 is 11.6 Å². The molecule has 0 saturated carbocycles. The molecule has 0 aliphatic rings. The highest BCUT2D eigenvalue weighted by atomic mass is 35.5. The van der Waals surface area contributed by atoms with Crippen LogP contribution in [0, 0.1) is 11.6 Å². The molecule has 0 bridgehead atoms. The minimum Gasteiger partial charge on any atom is -0.389 e. The summed E-state index contributed by atoms with van der Waals surface area (Å²) in [6.45, 7) is 0. The first-order valence-electron chi connectivity index (χ1n) is 5.30. The fraction of sp³-hybridized carbons (Fsp3) is 0. The summed E-state index contributed by atoms with van der Waals surface area (Å²) >= 11 is 10.7. The van der Waals surface area contributed by atoms with Crippen molar-refractivity contribution in [1.29, 1.82) is 0 Å². The number of rotatable bonds is 3. The van der Waals surface area contributed by atoms with Gasteiger partial charge in [-0.15, -0.1) is 0 Å². The van der Waals surface area contributed by atoms with Crippen LogP contribution in [0.5, 0.6) is 0 Å². The molecule has 0 aromatic heterocycles. The molecule has 0 unspecified atom stereocenters. The number of para-hydroxylation sites is 1. The molecule has 0 aliphatic carbocycles. The van der Waals surface area contributed by atoms with E-state index in [0.29, 0.717) is 0 Å². The summed E-state index contributed by atoms with van der Waals surface area (Å²) in [5.41, 5.74) is 5.81. The van der Waals surface area contributed by atoms with Crippen LogP contribution >= 0.6 is 23.8 Å². The lowest BCUT2D eigenvalue weighted by atomic mass is 10.1. The van der Waals surface area contributed by atoms with E-state index in [4.69, 9.17) is 29.6 Å². The van der Waals surface area contributed by atoms with Crippen molar-refractivity contribution in [2.75, 3.05) is 5.32 Å². The van der Waals surface area contributed by atoms with Gasteiger partial charge in [0.2, 0.25) is 0 Å². The molecule has 3 N–H and O–H groups in total. The lowest BCUT2D eigenvalue weighted by molar-refractivity contribution is 0.625. The quantitative estimate of drug-likeness (QED) is 0.841. The highest BCUT2D eigenvalue weighted by molar-refractivity contribution is 7.80. The third-order valence-corrected chi connectivity index (χ3v) is 3.00. The Hall–Kier alpha value is -1.72. The van der Waals surface area contributed by atoms with Gasteiger partial charge in [-0.05, 0) is 24.3 Å². The lowest BCUT2D eigenvalue weighted by Gasteiger charge is -2.13. The van der Waals surface area contributed by atoms with Gasteiger partial charge in [0.05, 0.1) is 22.0 Å². The van der Waals surface area contributed by atoms with Crippen LogP contribution in [0.4, 0.5) is 20.2 Å². The maximum atomic E-state index is 13.7. The predicted molar refractivity (Wildman–Crippen MR) is 77.0 cm³/mol. The maximum Gasteiger partial charge on any atom is 0.148 e. The Kier molecular flexibility index (Phi) is 3.97. The first-order valence-corrected chi connectivity index (χ1v) is 6.08. The highest BCUT2D eigenvalue weighted by Crippen LogP contribution is 2.30. The van der Waals surface area contributed by atoms with Gasteiger partial charge in [-0.25, -0.2) is 8.78 Å². The molecule has 2 rings (SSSR count). The van der Waals surface area contributed by atoms with Crippen LogP contribution < -0.4 is 11.1 Å². The lowest BCUT2D eigenvalue weighted by Crippen LogP contribution is -2.14. The second-order valence-electron chi connectivity index (χ2n) is 3.75. The van der Waals surface area contributed by atoms with Crippen molar-refractivity contribution in [3.8, 4) is 0 Å². The fourth-order valence-corrected chi connectivity index (χ4v) is 2.05. The van der Waals surface area contributed by atoms with Crippen LogP contribution in [0.3, 0.4) is 0 Å². The summed E-state index contributed by atoms with van der Waals surface area (Å²) in [6.07, 6.45) is 0. The normalized spacial score (nSPS) is 10.3. The van der Waals surface area contributed by atoms with Crippen LogP contribution in [0.15, 0.2) is 36.4 Å². The van der Waals surface area contributed by atoms with Gasteiger partial charge in [0.25, 0.3) is 0 Å². The Bertz CT molecular complexity index is 626. The Morgan fingerprint density at radius 3 is 2.37 bits per heavy atom. The van der Waals surface area contributed by atoms with Gasteiger partial charge in [0.15, 0.2) is 0 Å². The molecular formula is C13H9ClF2N2S. The van der Waals surface area contributed by atoms with Gasteiger partial charge in [-0.1, -0.05) is 36.0 Å². The Labute approximate surface area is 119 Å². The Morgan fingerprint density at radius 2 is 1.74 bits per heavy atom. The number of benzene rings is 2. The monoisotopic (exact) mass is 298 g/mol. The average Bonchev–Trinajstić information content (AvgIpc) is 2.33. The van der Waals surface area contributed by atoms with E-state index in [1.807, 2.05) is 0 Å². The molecule has 2 aromatic carbocycles. The van der Waals surface area contributed by atoms with Crippen LogP contribution in [-0.2, 0) is 0 Å². The summed E-state index contributed by atoms with van der Waals surface area (Å²) in [5.74, 6) is -1.13. The standard InChI is InChI=1S/C13H9ClF2N2S/c14-7-3-1-5-9(16)12(7)18-10-6-2-4-8(15)11(10)13(17)19/h1-6,18H,(H2,17,19). The Balaban J connectivity index is 2.50. The second-order valence-corrected chi connectivity index (χ2v) is 4.60. The van der Waals surface area contributed by atoms with Crippen molar-refractivity contribution in [3.63, 3.8) is 0 Å². The van der Waals surface area contributed by atoms with E-state index in [1.54, 1.807) is 6.07 Å². The molecule has 6 heteroatoms. The minimum atomic E-state index is -0.579. The molecule has 0 atom stereocenters. The molecule has 19 heavy (non-hydrogen) atoms. The first-order chi connectivity index (χ1) is 9.00. The maximum absolute atomic E-state index is 13.7. The summed E-state index contributed by atoms with van der Waals surface area (Å²) in [6, 6.07) is 8.47. The number of thiocarbonyl (C=S) groups is 1. The summed E-state index contributed by atoms with van der Waals surface area (Å²) < 4.78 is 27.3. The molecule has 0 saturated heterocycles. The van der Waals surface area contributed by atoms with E-state index in [0.717, 1.165) is 0 Å². The third kappa shape index (κ3) is 2.83. The van der Waals surface area contributed by atoms with E-state index in [1.165, 1.54) is 30.3 Å². The van der Waals surface area contributed by atoms with Crippen LogP contribution in [0.1, 0.15) is 5.56 Å². The van der Waals surface area contributed by atoms with Crippen molar-refractivity contribution in [3.05, 3.63) is 58.6 Å². The molecule has 2 aromatic rings. The van der Waals surface area contributed by atoms with Gasteiger partial charge in [0, 0.05) is 0 Å². The second kappa shape index (κ2) is 5.50.